The molecular formula is C15H21NO6. The summed E-state index contributed by atoms with van der Waals surface area (Å²) in [5.74, 6) is -1.20. The smallest absolute Gasteiger partial charge is 0.412 e. The van der Waals surface area contributed by atoms with Gasteiger partial charge in [-0.2, -0.15) is 0 Å². The fraction of sp³-hybridized carbons (Fsp3) is 0.467. The summed E-state index contributed by atoms with van der Waals surface area (Å²) < 4.78 is 9.96. The number of amides is 1. The molecule has 0 radical (unpaired) electrons. The summed E-state index contributed by atoms with van der Waals surface area (Å²) in [5, 5.41) is 21.3. The molecule has 0 saturated carbocycles. The average molecular weight is 311 g/mol. The number of carbonyl (C=O) groups is 2. The molecular weight excluding hydrogens is 290 g/mol. The van der Waals surface area contributed by atoms with E-state index in [1.54, 1.807) is 20.8 Å². The van der Waals surface area contributed by atoms with E-state index in [0.717, 1.165) is 0 Å². The Balaban J connectivity index is 2.85. The van der Waals surface area contributed by atoms with Crippen LogP contribution < -0.4 is 5.32 Å². The Morgan fingerprint density at radius 2 is 1.95 bits per heavy atom. The Labute approximate surface area is 128 Å². The molecule has 1 rings (SSSR count). The van der Waals surface area contributed by atoms with E-state index in [-0.39, 0.29) is 12.2 Å². The molecule has 7 nitrogen and oxygen atoms in total. The van der Waals surface area contributed by atoms with Crippen molar-refractivity contribution < 1.29 is 29.3 Å². The monoisotopic (exact) mass is 311 g/mol. The van der Waals surface area contributed by atoms with Crippen molar-refractivity contribution in [3.8, 4) is 5.75 Å². The van der Waals surface area contributed by atoms with E-state index in [4.69, 9.17) is 14.6 Å². The number of aliphatic carboxylic acids is 1. The van der Waals surface area contributed by atoms with Crippen LogP contribution in [0.1, 0.15) is 26.3 Å². The lowest BCUT2D eigenvalue weighted by Crippen LogP contribution is -2.27. The number of rotatable bonds is 5. The van der Waals surface area contributed by atoms with Crippen LogP contribution in [0.15, 0.2) is 18.2 Å². The highest BCUT2D eigenvalue weighted by molar-refractivity contribution is 5.85. The van der Waals surface area contributed by atoms with Gasteiger partial charge in [0.25, 0.3) is 0 Å². The van der Waals surface area contributed by atoms with Crippen LogP contribution in [0.2, 0.25) is 0 Å². The first-order chi connectivity index (χ1) is 10.1. The lowest BCUT2D eigenvalue weighted by atomic mass is 10.1. The second kappa shape index (κ2) is 7.13. The molecule has 7 heteroatoms. The lowest BCUT2D eigenvalue weighted by molar-refractivity contribution is -0.148. The van der Waals surface area contributed by atoms with Crippen LogP contribution in [0.5, 0.6) is 5.75 Å². The molecule has 122 valence electrons. The minimum Gasteiger partial charge on any atom is -0.508 e. The average Bonchev–Trinajstić information content (AvgIpc) is 2.36. The Morgan fingerprint density at radius 1 is 1.32 bits per heavy atom. The molecule has 0 aliphatic rings. The van der Waals surface area contributed by atoms with Gasteiger partial charge in [0.1, 0.15) is 11.4 Å². The minimum atomic E-state index is -1.13. The Bertz CT molecular complexity index is 549. The van der Waals surface area contributed by atoms with Crippen LogP contribution in [0.3, 0.4) is 0 Å². The number of aromatic hydroxyl groups is 1. The number of phenolic OH excluding ortho intramolecular Hbond substituents is 1. The van der Waals surface area contributed by atoms with E-state index < -0.39 is 23.8 Å². The molecule has 0 saturated heterocycles. The molecule has 1 amide bonds. The van der Waals surface area contributed by atoms with Gasteiger partial charge < -0.3 is 19.7 Å². The van der Waals surface area contributed by atoms with E-state index in [0.29, 0.717) is 11.3 Å². The molecule has 0 aliphatic heterocycles. The van der Waals surface area contributed by atoms with Gasteiger partial charge in [0, 0.05) is 19.2 Å². The minimum absolute atomic E-state index is 0.0263. The maximum absolute atomic E-state index is 11.7. The number of nitrogens with one attached hydrogen (secondary N) is 1. The van der Waals surface area contributed by atoms with Crippen molar-refractivity contribution in [1.82, 2.24) is 0 Å². The fourth-order valence-electron chi connectivity index (χ4n) is 1.72. The number of carbonyl (C=O) groups excluding carboxylic acids is 1. The summed E-state index contributed by atoms with van der Waals surface area (Å²) in [5.41, 5.74) is 0.110. The van der Waals surface area contributed by atoms with Gasteiger partial charge in [-0.15, -0.1) is 0 Å². The summed E-state index contributed by atoms with van der Waals surface area (Å²) in [7, 11) is 1.28. The number of carboxylic acid groups (broad SMARTS) is 1. The van der Waals surface area contributed by atoms with Gasteiger partial charge in [-0.3, -0.25) is 5.32 Å². The number of benzene rings is 1. The highest BCUT2D eigenvalue weighted by atomic mass is 16.6. The summed E-state index contributed by atoms with van der Waals surface area (Å²) in [6.45, 7) is 5.22. The van der Waals surface area contributed by atoms with Crippen molar-refractivity contribution >= 4 is 17.7 Å². The summed E-state index contributed by atoms with van der Waals surface area (Å²) >= 11 is 0. The normalized spacial score (nSPS) is 12.5. The number of hydrogen-bond donors (Lipinski definition) is 3. The molecule has 3 N–H and O–H groups in total. The number of methoxy groups -OCH3 is 1. The fourth-order valence-corrected chi connectivity index (χ4v) is 1.72. The first-order valence-corrected chi connectivity index (χ1v) is 6.70. The number of ether oxygens (including phenoxy) is 2. The van der Waals surface area contributed by atoms with Crippen LogP contribution in [0.25, 0.3) is 0 Å². The molecule has 1 atom stereocenters. The highest BCUT2D eigenvalue weighted by Gasteiger charge is 2.20. The van der Waals surface area contributed by atoms with E-state index in [1.165, 1.54) is 25.3 Å². The zero-order valence-electron chi connectivity index (χ0n) is 13.0. The van der Waals surface area contributed by atoms with Crippen molar-refractivity contribution in [2.45, 2.75) is 38.9 Å². The Morgan fingerprint density at radius 3 is 2.45 bits per heavy atom. The zero-order chi connectivity index (χ0) is 16.9. The number of hydrogen-bond acceptors (Lipinski definition) is 5. The second-order valence-corrected chi connectivity index (χ2v) is 5.74. The van der Waals surface area contributed by atoms with Gasteiger partial charge in [-0.1, -0.05) is 0 Å². The molecule has 0 spiro atoms. The first-order valence-electron chi connectivity index (χ1n) is 6.70. The topological polar surface area (TPSA) is 105 Å². The highest BCUT2D eigenvalue weighted by Crippen LogP contribution is 2.24. The van der Waals surface area contributed by atoms with Gasteiger partial charge >= 0.3 is 12.1 Å². The van der Waals surface area contributed by atoms with Crippen molar-refractivity contribution in [2.24, 2.45) is 0 Å². The summed E-state index contributed by atoms with van der Waals surface area (Å²) in [6.07, 6.45) is -1.74. The maximum Gasteiger partial charge on any atom is 0.412 e. The molecule has 1 aromatic carbocycles. The van der Waals surface area contributed by atoms with Gasteiger partial charge in [-0.25, -0.2) is 9.59 Å². The third-order valence-electron chi connectivity index (χ3n) is 2.69. The summed E-state index contributed by atoms with van der Waals surface area (Å²) in [4.78, 5) is 22.7. The predicted molar refractivity (Wildman–Crippen MR) is 80.1 cm³/mol. The molecule has 0 fully saturated rings. The van der Waals surface area contributed by atoms with Crippen LogP contribution in [-0.4, -0.2) is 41.1 Å². The van der Waals surface area contributed by atoms with Gasteiger partial charge in [0.15, 0.2) is 6.10 Å². The molecule has 0 bridgehead atoms. The molecule has 1 aromatic rings. The number of anilines is 1. The van der Waals surface area contributed by atoms with Gasteiger partial charge in [0.05, 0.1) is 0 Å². The molecule has 1 unspecified atom stereocenters. The van der Waals surface area contributed by atoms with Gasteiger partial charge in [0.2, 0.25) is 0 Å². The van der Waals surface area contributed by atoms with Crippen LogP contribution in [-0.2, 0) is 20.7 Å². The van der Waals surface area contributed by atoms with Crippen molar-refractivity contribution in [2.75, 3.05) is 12.4 Å². The van der Waals surface area contributed by atoms with E-state index in [9.17, 15) is 14.7 Å². The Hall–Kier alpha value is -2.28. The third-order valence-corrected chi connectivity index (χ3v) is 2.69. The van der Waals surface area contributed by atoms with Gasteiger partial charge in [-0.05, 0) is 44.5 Å². The summed E-state index contributed by atoms with van der Waals surface area (Å²) in [6, 6.07) is 4.34. The third kappa shape index (κ3) is 5.61. The quantitative estimate of drug-likeness (QED) is 0.721. The SMILES string of the molecule is COC(Cc1cc(NC(=O)OC(C)(C)C)ccc1O)C(=O)O. The molecule has 0 aromatic heterocycles. The standard InChI is InChI=1S/C15H21NO6/c1-15(2,3)22-14(20)16-10-5-6-11(17)9(7-10)8-12(21-4)13(18)19/h5-7,12,17H,8H2,1-4H3,(H,16,20)(H,18,19). The molecule has 0 aliphatic carbocycles. The van der Waals surface area contributed by atoms with Crippen LogP contribution in [0.4, 0.5) is 10.5 Å². The predicted octanol–water partition coefficient (Wildman–Crippen LogP) is 2.38. The van der Waals surface area contributed by atoms with Crippen LogP contribution in [0, 0.1) is 0 Å². The van der Waals surface area contributed by atoms with E-state index >= 15 is 0 Å². The molecule has 0 heterocycles. The van der Waals surface area contributed by atoms with E-state index in [1.807, 2.05) is 0 Å². The van der Waals surface area contributed by atoms with Crippen molar-refractivity contribution in [3.63, 3.8) is 0 Å². The zero-order valence-corrected chi connectivity index (χ0v) is 13.0. The number of phenols is 1. The molecule has 22 heavy (non-hydrogen) atoms. The van der Waals surface area contributed by atoms with Crippen LogP contribution >= 0.6 is 0 Å². The second-order valence-electron chi connectivity index (χ2n) is 5.74. The van der Waals surface area contributed by atoms with Crippen molar-refractivity contribution in [1.29, 1.82) is 0 Å². The first kappa shape index (κ1) is 17.8. The largest absolute Gasteiger partial charge is 0.508 e. The maximum atomic E-state index is 11.7. The lowest BCUT2D eigenvalue weighted by Gasteiger charge is -2.20. The Kier molecular flexibility index (Phi) is 5.76. The van der Waals surface area contributed by atoms with Crippen molar-refractivity contribution in [3.05, 3.63) is 23.8 Å². The van der Waals surface area contributed by atoms with E-state index in [2.05, 4.69) is 5.32 Å². The number of carboxylic acids is 1.